The lowest BCUT2D eigenvalue weighted by Crippen LogP contribution is -2.58. The van der Waals surface area contributed by atoms with Crippen molar-refractivity contribution in [2.24, 2.45) is 5.73 Å². The zero-order chi connectivity index (χ0) is 14.8. The summed E-state index contributed by atoms with van der Waals surface area (Å²) in [7, 11) is 6.61. The minimum absolute atomic E-state index is 0.0699. The molecule has 1 aromatic rings. The molecule has 1 aromatic carbocycles. The first-order valence-electron chi connectivity index (χ1n) is 7.64. The van der Waals surface area contributed by atoms with Crippen molar-refractivity contribution in [2.75, 3.05) is 27.7 Å². The molecule has 0 heterocycles. The molecule has 3 nitrogen and oxygen atoms in total. The predicted octanol–water partition coefficient (Wildman–Crippen LogP) is 2.49. The van der Waals surface area contributed by atoms with Gasteiger partial charge in [-0.2, -0.15) is 0 Å². The van der Waals surface area contributed by atoms with Crippen LogP contribution in [0.25, 0.3) is 0 Å². The first-order chi connectivity index (χ1) is 9.46. The molecule has 20 heavy (non-hydrogen) atoms. The Kier molecular flexibility index (Phi) is 4.84. The number of nitrogens with zero attached hydrogens (tertiary/aromatic N) is 2. The molecule has 112 valence electrons. The van der Waals surface area contributed by atoms with Crippen LogP contribution >= 0.6 is 0 Å². The van der Waals surface area contributed by atoms with Crippen LogP contribution in [0.1, 0.15) is 37.8 Å². The van der Waals surface area contributed by atoms with Gasteiger partial charge in [0, 0.05) is 24.2 Å². The molecule has 3 heteroatoms. The summed E-state index contributed by atoms with van der Waals surface area (Å²) >= 11 is 0. The van der Waals surface area contributed by atoms with Crippen molar-refractivity contribution in [2.45, 2.75) is 43.8 Å². The van der Waals surface area contributed by atoms with E-state index in [0.717, 1.165) is 6.54 Å². The lowest BCUT2D eigenvalue weighted by atomic mass is 9.75. The number of benzene rings is 1. The molecular weight excluding hydrogens is 246 g/mol. The molecular formula is C17H29N3. The molecule has 2 atom stereocenters. The Morgan fingerprint density at radius 3 is 2.20 bits per heavy atom. The van der Waals surface area contributed by atoms with Gasteiger partial charge in [-0.15, -0.1) is 0 Å². The number of rotatable bonds is 6. The van der Waals surface area contributed by atoms with Crippen LogP contribution in [0.5, 0.6) is 0 Å². The Morgan fingerprint density at radius 2 is 1.75 bits per heavy atom. The first kappa shape index (κ1) is 15.5. The lowest BCUT2D eigenvalue weighted by Gasteiger charge is -2.50. The van der Waals surface area contributed by atoms with Crippen LogP contribution in [0.15, 0.2) is 30.3 Å². The normalized spacial score (nSPS) is 20.8. The van der Waals surface area contributed by atoms with E-state index >= 15 is 0 Å². The molecule has 1 aliphatic carbocycles. The molecule has 1 fully saturated rings. The molecule has 1 saturated carbocycles. The van der Waals surface area contributed by atoms with E-state index in [9.17, 15) is 0 Å². The summed E-state index contributed by atoms with van der Waals surface area (Å²) in [5, 5.41) is 0. The van der Waals surface area contributed by atoms with E-state index in [4.69, 9.17) is 5.73 Å². The molecule has 0 spiro atoms. The third-order valence-corrected chi connectivity index (χ3v) is 5.18. The van der Waals surface area contributed by atoms with Gasteiger partial charge in [-0.05, 0) is 52.9 Å². The maximum absolute atomic E-state index is 6.44. The lowest BCUT2D eigenvalue weighted by molar-refractivity contribution is 0.0151. The van der Waals surface area contributed by atoms with E-state index in [2.05, 4.69) is 62.1 Å². The van der Waals surface area contributed by atoms with E-state index in [-0.39, 0.29) is 6.04 Å². The third kappa shape index (κ3) is 3.05. The second kappa shape index (κ2) is 6.25. The zero-order valence-electron chi connectivity index (χ0n) is 13.3. The highest BCUT2D eigenvalue weighted by atomic mass is 15.2. The second-order valence-corrected chi connectivity index (χ2v) is 6.56. The highest BCUT2D eigenvalue weighted by molar-refractivity contribution is 5.20. The molecule has 0 aromatic heterocycles. The SMILES string of the molecule is CC(C(N)c1ccccc1)N(C)CC1(N(C)C)CCC1. The fourth-order valence-corrected chi connectivity index (χ4v) is 3.17. The maximum atomic E-state index is 6.44. The van der Waals surface area contributed by atoms with Gasteiger partial charge in [0.15, 0.2) is 0 Å². The van der Waals surface area contributed by atoms with Crippen LogP contribution in [0.4, 0.5) is 0 Å². The van der Waals surface area contributed by atoms with Gasteiger partial charge in [-0.3, -0.25) is 4.90 Å². The Morgan fingerprint density at radius 1 is 1.15 bits per heavy atom. The highest BCUT2D eigenvalue weighted by Crippen LogP contribution is 2.37. The minimum Gasteiger partial charge on any atom is -0.323 e. The third-order valence-electron chi connectivity index (χ3n) is 5.18. The number of hydrogen-bond acceptors (Lipinski definition) is 3. The summed E-state index contributed by atoms with van der Waals surface area (Å²) in [5.74, 6) is 0. The van der Waals surface area contributed by atoms with Gasteiger partial charge in [0.1, 0.15) is 0 Å². The van der Waals surface area contributed by atoms with Crippen LogP contribution < -0.4 is 5.73 Å². The van der Waals surface area contributed by atoms with Crippen LogP contribution in [0.3, 0.4) is 0 Å². The van der Waals surface area contributed by atoms with Crippen molar-refractivity contribution in [1.82, 2.24) is 9.80 Å². The standard InChI is InChI=1S/C17H29N3/c1-14(16(18)15-9-6-5-7-10-15)20(4)13-17(19(2)3)11-8-12-17/h5-7,9-10,14,16H,8,11-13,18H2,1-4H3. The molecule has 0 amide bonds. The van der Waals surface area contributed by atoms with Gasteiger partial charge in [-0.1, -0.05) is 30.3 Å². The van der Waals surface area contributed by atoms with Crippen molar-refractivity contribution in [1.29, 1.82) is 0 Å². The molecule has 2 rings (SSSR count). The molecule has 2 unspecified atom stereocenters. The molecule has 1 aliphatic rings. The fraction of sp³-hybridized carbons (Fsp3) is 0.647. The van der Waals surface area contributed by atoms with Crippen molar-refractivity contribution < 1.29 is 0 Å². The average Bonchev–Trinajstić information content (AvgIpc) is 2.41. The second-order valence-electron chi connectivity index (χ2n) is 6.56. The fourth-order valence-electron chi connectivity index (χ4n) is 3.17. The molecule has 2 N–H and O–H groups in total. The van der Waals surface area contributed by atoms with Crippen LogP contribution in [0.2, 0.25) is 0 Å². The van der Waals surface area contributed by atoms with Crippen molar-refractivity contribution in [3.63, 3.8) is 0 Å². The van der Waals surface area contributed by atoms with E-state index < -0.39 is 0 Å². The molecule has 0 aliphatic heterocycles. The number of likely N-dealkylation sites (N-methyl/N-ethyl adjacent to an activating group) is 2. The van der Waals surface area contributed by atoms with Crippen LogP contribution in [-0.4, -0.2) is 49.1 Å². The van der Waals surface area contributed by atoms with Gasteiger partial charge in [0.05, 0.1) is 0 Å². The quantitative estimate of drug-likeness (QED) is 0.866. The Balaban J connectivity index is 2.00. The predicted molar refractivity (Wildman–Crippen MR) is 85.7 cm³/mol. The Bertz CT molecular complexity index is 412. The highest BCUT2D eigenvalue weighted by Gasteiger charge is 2.40. The topological polar surface area (TPSA) is 32.5 Å². The van der Waals surface area contributed by atoms with E-state index in [1.165, 1.54) is 24.8 Å². The summed E-state index contributed by atoms with van der Waals surface area (Å²) in [6, 6.07) is 10.8. The van der Waals surface area contributed by atoms with Crippen LogP contribution in [-0.2, 0) is 0 Å². The van der Waals surface area contributed by atoms with Gasteiger partial charge in [-0.25, -0.2) is 0 Å². The minimum atomic E-state index is 0.0699. The number of nitrogens with two attached hydrogens (primary N) is 1. The number of hydrogen-bond donors (Lipinski definition) is 1. The molecule has 0 saturated heterocycles. The van der Waals surface area contributed by atoms with Crippen molar-refractivity contribution in [3.05, 3.63) is 35.9 Å². The Hall–Kier alpha value is -0.900. The first-order valence-corrected chi connectivity index (χ1v) is 7.64. The Labute approximate surface area is 123 Å². The molecule has 0 radical (unpaired) electrons. The van der Waals surface area contributed by atoms with E-state index in [1.807, 2.05) is 6.07 Å². The molecule has 0 bridgehead atoms. The van der Waals surface area contributed by atoms with Crippen molar-refractivity contribution in [3.8, 4) is 0 Å². The summed E-state index contributed by atoms with van der Waals surface area (Å²) in [6.07, 6.45) is 3.96. The summed E-state index contributed by atoms with van der Waals surface area (Å²) in [4.78, 5) is 4.82. The zero-order valence-corrected chi connectivity index (χ0v) is 13.3. The average molecular weight is 275 g/mol. The summed E-state index contributed by atoms with van der Waals surface area (Å²) in [5.41, 5.74) is 8.02. The monoisotopic (exact) mass is 275 g/mol. The van der Waals surface area contributed by atoms with E-state index in [1.54, 1.807) is 0 Å². The maximum Gasteiger partial charge on any atom is 0.0450 e. The van der Waals surface area contributed by atoms with Gasteiger partial charge < -0.3 is 10.6 Å². The van der Waals surface area contributed by atoms with Crippen LogP contribution in [0, 0.1) is 0 Å². The largest absolute Gasteiger partial charge is 0.323 e. The summed E-state index contributed by atoms with van der Waals surface area (Å²) in [6.45, 7) is 3.33. The van der Waals surface area contributed by atoms with E-state index in [0.29, 0.717) is 11.6 Å². The van der Waals surface area contributed by atoms with Crippen molar-refractivity contribution >= 4 is 0 Å². The van der Waals surface area contributed by atoms with Gasteiger partial charge >= 0.3 is 0 Å². The summed E-state index contributed by atoms with van der Waals surface area (Å²) < 4.78 is 0. The van der Waals surface area contributed by atoms with Gasteiger partial charge in [0.2, 0.25) is 0 Å². The van der Waals surface area contributed by atoms with Gasteiger partial charge in [0.25, 0.3) is 0 Å². The smallest absolute Gasteiger partial charge is 0.0450 e.